The average Bonchev–Trinajstić information content (AvgIpc) is 1.77. The highest BCUT2D eigenvalue weighted by molar-refractivity contribution is 9.09. The first-order valence-electron chi connectivity index (χ1n) is 3.16. The van der Waals surface area contributed by atoms with E-state index in [1.807, 2.05) is 0 Å². The van der Waals surface area contributed by atoms with Gasteiger partial charge in [0.25, 0.3) is 0 Å². The normalized spacial score (nSPS) is 39.8. The van der Waals surface area contributed by atoms with Gasteiger partial charge in [0, 0.05) is 17.4 Å². The molecule has 0 aromatic carbocycles. The SMILES string of the molecule is C[C@@H]1CC[C@H](Br)CN1. The molecule has 0 spiro atoms. The fraction of sp³-hybridized carbons (Fsp3) is 1.00. The van der Waals surface area contributed by atoms with Gasteiger partial charge in [-0.2, -0.15) is 0 Å². The molecule has 8 heavy (non-hydrogen) atoms. The van der Waals surface area contributed by atoms with Crippen LogP contribution in [0.5, 0.6) is 0 Å². The monoisotopic (exact) mass is 177 g/mol. The molecule has 1 rings (SSSR count). The lowest BCUT2D eigenvalue weighted by Gasteiger charge is -2.23. The maximum Gasteiger partial charge on any atom is 0.0271 e. The van der Waals surface area contributed by atoms with Crippen LogP contribution in [0.1, 0.15) is 19.8 Å². The molecule has 1 nitrogen and oxygen atoms in total. The molecule has 0 aromatic rings. The molecule has 1 fully saturated rings. The van der Waals surface area contributed by atoms with E-state index in [1.54, 1.807) is 0 Å². The molecule has 0 aliphatic carbocycles. The molecule has 1 aliphatic heterocycles. The highest BCUT2D eigenvalue weighted by Gasteiger charge is 2.13. The Morgan fingerprint density at radius 2 is 2.25 bits per heavy atom. The average molecular weight is 178 g/mol. The van der Waals surface area contributed by atoms with Crippen molar-refractivity contribution in [3.05, 3.63) is 0 Å². The molecule has 0 bridgehead atoms. The molecular weight excluding hydrogens is 166 g/mol. The predicted molar refractivity (Wildman–Crippen MR) is 39.4 cm³/mol. The smallest absolute Gasteiger partial charge is 0.0271 e. The second-order valence-electron chi connectivity index (χ2n) is 2.48. The molecule has 1 saturated heterocycles. The molecule has 0 amide bonds. The Balaban J connectivity index is 2.19. The summed E-state index contributed by atoms with van der Waals surface area (Å²) in [6.07, 6.45) is 2.64. The number of nitrogens with one attached hydrogen (secondary N) is 1. The van der Waals surface area contributed by atoms with Crippen molar-refractivity contribution in [3.63, 3.8) is 0 Å². The van der Waals surface area contributed by atoms with Gasteiger partial charge in [0.1, 0.15) is 0 Å². The zero-order chi connectivity index (χ0) is 5.98. The molecule has 0 radical (unpaired) electrons. The van der Waals surface area contributed by atoms with Crippen LogP contribution in [-0.2, 0) is 0 Å². The number of piperidine rings is 1. The van der Waals surface area contributed by atoms with Crippen molar-refractivity contribution in [1.29, 1.82) is 0 Å². The van der Waals surface area contributed by atoms with Crippen LogP contribution in [-0.4, -0.2) is 17.4 Å². The van der Waals surface area contributed by atoms with Gasteiger partial charge in [0.15, 0.2) is 0 Å². The van der Waals surface area contributed by atoms with Gasteiger partial charge in [0.05, 0.1) is 0 Å². The summed E-state index contributed by atoms with van der Waals surface area (Å²) in [5.41, 5.74) is 0. The van der Waals surface area contributed by atoms with E-state index in [0.29, 0.717) is 0 Å². The first kappa shape index (κ1) is 6.56. The second-order valence-corrected chi connectivity index (χ2v) is 3.78. The Hall–Kier alpha value is 0.440. The summed E-state index contributed by atoms with van der Waals surface area (Å²) in [4.78, 5) is 0.721. The van der Waals surface area contributed by atoms with Gasteiger partial charge in [-0.1, -0.05) is 15.9 Å². The fourth-order valence-electron chi connectivity index (χ4n) is 0.964. The maximum absolute atomic E-state index is 3.55. The van der Waals surface area contributed by atoms with Crippen LogP contribution >= 0.6 is 15.9 Å². The summed E-state index contributed by atoms with van der Waals surface area (Å²) >= 11 is 3.55. The van der Waals surface area contributed by atoms with Crippen LogP contribution < -0.4 is 5.32 Å². The lowest BCUT2D eigenvalue weighted by molar-refractivity contribution is 0.436. The Bertz CT molecular complexity index is 56.9. The van der Waals surface area contributed by atoms with Crippen molar-refractivity contribution < 1.29 is 0 Å². The molecule has 0 unspecified atom stereocenters. The van der Waals surface area contributed by atoms with Gasteiger partial charge in [-0.25, -0.2) is 0 Å². The third-order valence-corrected chi connectivity index (χ3v) is 2.38. The largest absolute Gasteiger partial charge is 0.313 e. The highest BCUT2D eigenvalue weighted by Crippen LogP contribution is 2.13. The topological polar surface area (TPSA) is 12.0 Å². The number of hydrogen-bond acceptors (Lipinski definition) is 1. The van der Waals surface area contributed by atoms with Crippen molar-refractivity contribution in [2.75, 3.05) is 6.54 Å². The van der Waals surface area contributed by atoms with Crippen LogP contribution in [0.4, 0.5) is 0 Å². The lowest BCUT2D eigenvalue weighted by atomic mass is 10.1. The Labute approximate surface area is 59.0 Å². The van der Waals surface area contributed by atoms with Crippen molar-refractivity contribution in [3.8, 4) is 0 Å². The zero-order valence-corrected chi connectivity index (χ0v) is 6.74. The molecule has 1 N–H and O–H groups in total. The number of rotatable bonds is 0. The minimum Gasteiger partial charge on any atom is -0.313 e. The third-order valence-electron chi connectivity index (χ3n) is 1.60. The zero-order valence-electron chi connectivity index (χ0n) is 5.15. The summed E-state index contributed by atoms with van der Waals surface area (Å²) in [5.74, 6) is 0. The Kier molecular flexibility index (Phi) is 2.32. The Morgan fingerprint density at radius 1 is 1.50 bits per heavy atom. The highest BCUT2D eigenvalue weighted by atomic mass is 79.9. The standard InChI is InChI=1S/C6H12BrN/c1-5-2-3-6(7)4-8-5/h5-6,8H,2-4H2,1H3/t5-,6+/m1/s1. The molecule has 2 atom stereocenters. The van der Waals surface area contributed by atoms with Crippen LogP contribution in [0.15, 0.2) is 0 Å². The van der Waals surface area contributed by atoms with E-state index in [0.717, 1.165) is 17.4 Å². The van der Waals surface area contributed by atoms with E-state index in [1.165, 1.54) is 12.8 Å². The summed E-state index contributed by atoms with van der Waals surface area (Å²) in [6.45, 7) is 3.38. The minimum absolute atomic E-state index is 0.721. The van der Waals surface area contributed by atoms with Crippen molar-refractivity contribution >= 4 is 15.9 Å². The number of hydrogen-bond donors (Lipinski definition) is 1. The number of halogens is 1. The van der Waals surface area contributed by atoms with E-state index >= 15 is 0 Å². The quantitative estimate of drug-likeness (QED) is 0.554. The molecule has 1 heterocycles. The molecule has 1 aliphatic rings. The number of alkyl halides is 1. The molecular formula is C6H12BrN. The second kappa shape index (κ2) is 2.83. The van der Waals surface area contributed by atoms with Gasteiger partial charge in [-0.05, 0) is 19.8 Å². The maximum atomic E-state index is 3.55. The van der Waals surface area contributed by atoms with E-state index in [9.17, 15) is 0 Å². The van der Waals surface area contributed by atoms with Gasteiger partial charge in [-0.3, -0.25) is 0 Å². The van der Waals surface area contributed by atoms with Crippen molar-refractivity contribution in [2.45, 2.75) is 30.6 Å². The van der Waals surface area contributed by atoms with Gasteiger partial charge < -0.3 is 5.32 Å². The molecule has 0 aromatic heterocycles. The molecule has 48 valence electrons. The van der Waals surface area contributed by atoms with E-state index in [2.05, 4.69) is 28.2 Å². The fourth-order valence-corrected chi connectivity index (χ4v) is 1.42. The van der Waals surface area contributed by atoms with Crippen molar-refractivity contribution in [1.82, 2.24) is 5.32 Å². The van der Waals surface area contributed by atoms with Gasteiger partial charge in [0.2, 0.25) is 0 Å². The first-order valence-corrected chi connectivity index (χ1v) is 4.08. The van der Waals surface area contributed by atoms with Crippen LogP contribution in [0.25, 0.3) is 0 Å². The summed E-state index contributed by atoms with van der Waals surface area (Å²) in [5, 5.41) is 3.38. The molecule has 2 heteroatoms. The molecule has 0 saturated carbocycles. The van der Waals surface area contributed by atoms with Gasteiger partial charge in [-0.15, -0.1) is 0 Å². The summed E-state index contributed by atoms with van der Waals surface area (Å²) in [7, 11) is 0. The third kappa shape index (κ3) is 1.75. The van der Waals surface area contributed by atoms with Crippen molar-refractivity contribution in [2.24, 2.45) is 0 Å². The van der Waals surface area contributed by atoms with Crippen LogP contribution in [0, 0.1) is 0 Å². The summed E-state index contributed by atoms with van der Waals surface area (Å²) < 4.78 is 0. The summed E-state index contributed by atoms with van der Waals surface area (Å²) in [6, 6.07) is 0.740. The first-order chi connectivity index (χ1) is 3.79. The lowest BCUT2D eigenvalue weighted by Crippen LogP contribution is -2.36. The van der Waals surface area contributed by atoms with E-state index in [4.69, 9.17) is 0 Å². The minimum atomic E-state index is 0.721. The van der Waals surface area contributed by atoms with E-state index in [-0.39, 0.29) is 0 Å². The van der Waals surface area contributed by atoms with Gasteiger partial charge >= 0.3 is 0 Å². The van der Waals surface area contributed by atoms with Crippen LogP contribution in [0.2, 0.25) is 0 Å². The van der Waals surface area contributed by atoms with Crippen LogP contribution in [0.3, 0.4) is 0 Å². The Morgan fingerprint density at radius 3 is 2.62 bits per heavy atom. The predicted octanol–water partition coefficient (Wildman–Crippen LogP) is 1.52. The van der Waals surface area contributed by atoms with E-state index < -0.39 is 0 Å².